The molecule has 0 aromatic heterocycles. The second kappa shape index (κ2) is 26.6. The van der Waals surface area contributed by atoms with Gasteiger partial charge in [-0.3, -0.25) is 0 Å². The maximum absolute atomic E-state index is 2.59. The van der Waals surface area contributed by atoms with Crippen molar-refractivity contribution in [3.05, 3.63) is 0 Å². The Labute approximate surface area is 212 Å². The minimum atomic E-state index is 1.36. The summed E-state index contributed by atoms with van der Waals surface area (Å²) in [6, 6.07) is 0. The lowest BCUT2D eigenvalue weighted by molar-refractivity contribution is -0.910. The highest BCUT2D eigenvalue weighted by molar-refractivity contribution is 4.52. The third kappa shape index (κ3) is 24.9. The van der Waals surface area contributed by atoms with E-state index in [0.29, 0.717) is 0 Å². The molecule has 0 aromatic carbocycles. The minimum absolute atomic E-state index is 1.36. The van der Waals surface area contributed by atoms with Gasteiger partial charge in [-0.25, -0.2) is 0 Å². The van der Waals surface area contributed by atoms with E-state index >= 15 is 0 Å². The molecule has 0 saturated carbocycles. The van der Waals surface area contributed by atoms with Crippen LogP contribution in [0.5, 0.6) is 0 Å². The van der Waals surface area contributed by atoms with E-state index in [0.717, 1.165) is 0 Å². The van der Waals surface area contributed by atoms with Gasteiger partial charge >= 0.3 is 0 Å². The Morgan fingerprint density at radius 2 is 0.455 bits per heavy atom. The van der Waals surface area contributed by atoms with Crippen LogP contribution in [0.2, 0.25) is 0 Å². The normalized spacial score (nSPS) is 12.0. The Kier molecular flexibility index (Phi) is 26.5. The van der Waals surface area contributed by atoms with Gasteiger partial charge in [-0.05, 0) is 38.5 Å². The number of hydrogen-bond acceptors (Lipinski definition) is 0. The van der Waals surface area contributed by atoms with Gasteiger partial charge in [-0.2, -0.15) is 0 Å². The van der Waals surface area contributed by atoms with Crippen LogP contribution in [0.1, 0.15) is 181 Å². The van der Waals surface area contributed by atoms with Crippen LogP contribution in [-0.2, 0) is 0 Å². The van der Waals surface area contributed by atoms with Gasteiger partial charge in [-0.15, -0.1) is 0 Å². The van der Waals surface area contributed by atoms with E-state index in [4.69, 9.17) is 0 Å². The molecule has 0 saturated heterocycles. The molecule has 0 N–H and O–H groups in total. The zero-order chi connectivity index (χ0) is 24.3. The quantitative estimate of drug-likeness (QED) is 0.0794. The predicted octanol–water partition coefficient (Wildman–Crippen LogP) is 11.2. The molecule has 1 nitrogen and oxygen atoms in total. The van der Waals surface area contributed by atoms with Gasteiger partial charge in [0, 0.05) is 0 Å². The lowest BCUT2D eigenvalue weighted by atomic mass is 10.1. The highest BCUT2D eigenvalue weighted by Gasteiger charge is 2.20. The largest absolute Gasteiger partial charge is 0.326 e. The fourth-order valence-electron chi connectivity index (χ4n) is 5.39. The Hall–Kier alpha value is -0.0400. The van der Waals surface area contributed by atoms with Crippen molar-refractivity contribution in [3.8, 4) is 0 Å². The lowest BCUT2D eigenvalue weighted by Gasteiger charge is -2.35. The molecule has 0 aliphatic carbocycles. The first-order valence-corrected chi connectivity index (χ1v) is 16.0. The number of hydrogen-bond donors (Lipinski definition) is 0. The Morgan fingerprint density at radius 3 is 0.667 bits per heavy atom. The molecule has 0 atom stereocenters. The molecule has 200 valence electrons. The number of quaternary nitrogens is 1. The highest BCUT2D eigenvalue weighted by atomic mass is 15.3. The first-order chi connectivity index (χ1) is 16.2. The van der Waals surface area contributed by atoms with Gasteiger partial charge in [0.25, 0.3) is 0 Å². The Bertz CT molecular complexity index is 330. The van der Waals surface area contributed by atoms with Crippen LogP contribution in [0.3, 0.4) is 0 Å². The number of nitrogens with zero attached hydrogens (tertiary/aromatic N) is 1. The highest BCUT2D eigenvalue weighted by Crippen LogP contribution is 2.17. The Morgan fingerprint density at radius 1 is 0.273 bits per heavy atom. The van der Waals surface area contributed by atoms with Gasteiger partial charge in [-0.1, -0.05) is 143 Å². The lowest BCUT2D eigenvalue weighted by Crippen LogP contribution is -2.46. The van der Waals surface area contributed by atoms with Crippen LogP contribution in [0.4, 0.5) is 0 Å². The van der Waals surface area contributed by atoms with E-state index in [-0.39, 0.29) is 0 Å². The van der Waals surface area contributed by atoms with E-state index < -0.39 is 0 Å². The molecule has 0 rings (SSSR count). The molecular weight excluding hydrogens is 398 g/mol. The van der Waals surface area contributed by atoms with E-state index in [1.807, 2.05) is 0 Å². The summed E-state index contributed by atoms with van der Waals surface area (Å²) in [5, 5.41) is 0. The summed E-state index contributed by atoms with van der Waals surface area (Å²) in [4.78, 5) is 0. The van der Waals surface area contributed by atoms with Crippen LogP contribution in [-0.4, -0.2) is 31.2 Å². The molecular formula is C32H68N+. The minimum Gasteiger partial charge on any atom is -0.326 e. The summed E-state index contributed by atoms with van der Waals surface area (Å²) in [5.41, 5.74) is 0. The van der Waals surface area contributed by atoms with Crippen molar-refractivity contribution in [2.75, 3.05) is 26.7 Å². The SMILES string of the molecule is CCCCCCCCCCC[N+](C)(CCCCCCCCCC)CCCCCCCCCC. The molecule has 0 fully saturated rings. The van der Waals surface area contributed by atoms with Gasteiger partial charge in [0.1, 0.15) is 0 Å². The first kappa shape index (κ1) is 33.0. The predicted molar refractivity (Wildman–Crippen MR) is 153 cm³/mol. The van der Waals surface area contributed by atoms with Crippen LogP contribution >= 0.6 is 0 Å². The van der Waals surface area contributed by atoms with Gasteiger partial charge in [0.2, 0.25) is 0 Å². The second-order valence-corrected chi connectivity index (χ2v) is 11.6. The molecule has 0 aliphatic heterocycles. The molecule has 0 unspecified atom stereocenters. The standard InChI is InChI=1S/C32H68N/c1-5-8-11-14-17-20-23-26-29-32-33(4,30-27-24-21-18-15-12-9-6-2)31-28-25-22-19-16-13-10-7-3/h5-32H2,1-4H3/q+1. The smallest absolute Gasteiger partial charge is 0.0784 e. The maximum Gasteiger partial charge on any atom is 0.0784 e. The molecule has 1 heteroatoms. The molecule has 0 amide bonds. The monoisotopic (exact) mass is 467 g/mol. The van der Waals surface area contributed by atoms with Crippen LogP contribution in [0.15, 0.2) is 0 Å². The maximum atomic E-state index is 2.59. The number of unbranched alkanes of at least 4 members (excludes halogenated alkanes) is 22. The van der Waals surface area contributed by atoms with Crippen molar-refractivity contribution in [2.24, 2.45) is 0 Å². The summed E-state index contributed by atoms with van der Waals surface area (Å²) < 4.78 is 1.36. The summed E-state index contributed by atoms with van der Waals surface area (Å²) in [5.74, 6) is 0. The van der Waals surface area contributed by atoms with Crippen LogP contribution in [0.25, 0.3) is 0 Å². The van der Waals surface area contributed by atoms with Crippen LogP contribution in [0, 0.1) is 0 Å². The van der Waals surface area contributed by atoms with Gasteiger partial charge in [0.15, 0.2) is 0 Å². The van der Waals surface area contributed by atoms with Crippen LogP contribution < -0.4 is 0 Å². The van der Waals surface area contributed by atoms with E-state index in [1.165, 1.54) is 185 Å². The summed E-state index contributed by atoms with van der Waals surface area (Å²) >= 11 is 0. The molecule has 0 aromatic rings. The van der Waals surface area contributed by atoms with Gasteiger partial charge < -0.3 is 4.48 Å². The molecule has 0 aliphatic rings. The summed E-state index contributed by atoms with van der Waals surface area (Å²) in [7, 11) is 2.59. The van der Waals surface area contributed by atoms with Crippen molar-refractivity contribution < 1.29 is 4.48 Å². The van der Waals surface area contributed by atoms with E-state index in [2.05, 4.69) is 27.8 Å². The average Bonchev–Trinajstić information content (AvgIpc) is 2.81. The molecule has 33 heavy (non-hydrogen) atoms. The zero-order valence-corrected chi connectivity index (χ0v) is 24.2. The molecule has 0 radical (unpaired) electrons. The second-order valence-electron chi connectivity index (χ2n) is 11.6. The third-order valence-corrected chi connectivity index (χ3v) is 7.90. The molecule has 0 heterocycles. The van der Waals surface area contributed by atoms with Crippen molar-refractivity contribution in [3.63, 3.8) is 0 Å². The topological polar surface area (TPSA) is 0 Å². The average molecular weight is 467 g/mol. The van der Waals surface area contributed by atoms with Gasteiger partial charge in [0.05, 0.1) is 26.7 Å². The van der Waals surface area contributed by atoms with E-state index in [9.17, 15) is 0 Å². The first-order valence-electron chi connectivity index (χ1n) is 16.0. The van der Waals surface area contributed by atoms with Crippen molar-refractivity contribution in [1.29, 1.82) is 0 Å². The fourth-order valence-corrected chi connectivity index (χ4v) is 5.39. The number of rotatable bonds is 28. The molecule has 0 spiro atoms. The van der Waals surface area contributed by atoms with Crippen molar-refractivity contribution in [1.82, 2.24) is 0 Å². The third-order valence-electron chi connectivity index (χ3n) is 7.90. The summed E-state index contributed by atoms with van der Waals surface area (Å²) in [6.45, 7) is 11.3. The summed E-state index contributed by atoms with van der Waals surface area (Å²) in [6.07, 6.45) is 36.3. The zero-order valence-electron chi connectivity index (χ0n) is 24.2. The fraction of sp³-hybridized carbons (Fsp3) is 1.00. The molecule has 0 bridgehead atoms. The van der Waals surface area contributed by atoms with Crippen molar-refractivity contribution >= 4 is 0 Å². The Balaban J connectivity index is 4.04. The van der Waals surface area contributed by atoms with E-state index in [1.54, 1.807) is 0 Å². The van der Waals surface area contributed by atoms with Crippen molar-refractivity contribution in [2.45, 2.75) is 181 Å².